The van der Waals surface area contributed by atoms with E-state index in [2.05, 4.69) is 19.2 Å². The first-order valence-electron chi connectivity index (χ1n) is 7.89. The number of hydrogen-bond acceptors (Lipinski definition) is 3. The number of hydrogen-bond donors (Lipinski definition) is 1. The van der Waals surface area contributed by atoms with Crippen molar-refractivity contribution in [3.63, 3.8) is 0 Å². The molecule has 128 valence electrons. The molecule has 0 spiro atoms. The van der Waals surface area contributed by atoms with Crippen LogP contribution in [0.4, 0.5) is 5.69 Å². The lowest BCUT2D eigenvalue weighted by Crippen LogP contribution is -2.20. The van der Waals surface area contributed by atoms with Crippen molar-refractivity contribution >= 4 is 23.2 Å². The molecular formula is C19H22ClNO3. The fourth-order valence-electron chi connectivity index (χ4n) is 2.24. The Labute approximate surface area is 147 Å². The molecule has 24 heavy (non-hydrogen) atoms. The number of anilines is 1. The van der Waals surface area contributed by atoms with Crippen LogP contribution in [-0.2, 0) is 4.79 Å². The standard InChI is InChI=1S/C19H22ClNO3/c1-4-13(2)14-5-8-16(9-6-14)24-12-19(22)21-17-11-15(20)7-10-18(17)23-3/h5-11,13H,4,12H2,1-3H3,(H,21,22). The Bertz CT molecular complexity index is 686. The van der Waals surface area contributed by atoms with Gasteiger partial charge in [0.2, 0.25) is 0 Å². The molecule has 2 rings (SSSR count). The Balaban J connectivity index is 1.93. The van der Waals surface area contributed by atoms with Crippen LogP contribution in [0.1, 0.15) is 31.7 Å². The molecule has 0 heterocycles. The fourth-order valence-corrected chi connectivity index (χ4v) is 2.41. The molecule has 1 N–H and O–H groups in total. The molecule has 0 radical (unpaired) electrons. The smallest absolute Gasteiger partial charge is 0.262 e. The van der Waals surface area contributed by atoms with E-state index in [1.165, 1.54) is 12.7 Å². The lowest BCUT2D eigenvalue weighted by Gasteiger charge is -2.12. The molecule has 1 amide bonds. The Morgan fingerprint density at radius 1 is 1.21 bits per heavy atom. The summed E-state index contributed by atoms with van der Waals surface area (Å²) in [6, 6.07) is 12.9. The maximum Gasteiger partial charge on any atom is 0.262 e. The zero-order valence-electron chi connectivity index (χ0n) is 14.1. The number of carbonyl (C=O) groups is 1. The zero-order chi connectivity index (χ0) is 17.5. The average Bonchev–Trinajstić information content (AvgIpc) is 2.60. The van der Waals surface area contributed by atoms with Gasteiger partial charge >= 0.3 is 0 Å². The predicted octanol–water partition coefficient (Wildman–Crippen LogP) is 4.88. The van der Waals surface area contributed by atoms with Gasteiger partial charge in [-0.25, -0.2) is 0 Å². The van der Waals surface area contributed by atoms with Gasteiger partial charge in [-0.1, -0.05) is 37.6 Å². The van der Waals surface area contributed by atoms with Crippen LogP contribution in [0.3, 0.4) is 0 Å². The summed E-state index contributed by atoms with van der Waals surface area (Å²) in [6.07, 6.45) is 1.09. The minimum Gasteiger partial charge on any atom is -0.495 e. The van der Waals surface area contributed by atoms with E-state index in [9.17, 15) is 4.79 Å². The van der Waals surface area contributed by atoms with Crippen molar-refractivity contribution in [3.8, 4) is 11.5 Å². The van der Waals surface area contributed by atoms with Crippen LogP contribution >= 0.6 is 11.6 Å². The summed E-state index contributed by atoms with van der Waals surface area (Å²) < 4.78 is 10.7. The number of carbonyl (C=O) groups excluding carboxylic acids is 1. The summed E-state index contributed by atoms with van der Waals surface area (Å²) in [5.41, 5.74) is 1.78. The molecule has 0 aliphatic heterocycles. The molecule has 0 saturated carbocycles. The fraction of sp³-hybridized carbons (Fsp3) is 0.316. The van der Waals surface area contributed by atoms with E-state index in [0.29, 0.717) is 28.1 Å². The maximum atomic E-state index is 12.1. The highest BCUT2D eigenvalue weighted by Gasteiger charge is 2.09. The largest absolute Gasteiger partial charge is 0.495 e. The summed E-state index contributed by atoms with van der Waals surface area (Å²) in [4.78, 5) is 12.1. The Kier molecular flexibility index (Phi) is 6.50. The first-order chi connectivity index (χ1) is 11.5. The predicted molar refractivity (Wildman–Crippen MR) is 97.3 cm³/mol. The van der Waals surface area contributed by atoms with E-state index >= 15 is 0 Å². The Morgan fingerprint density at radius 3 is 2.54 bits per heavy atom. The van der Waals surface area contributed by atoms with E-state index in [4.69, 9.17) is 21.1 Å². The summed E-state index contributed by atoms with van der Waals surface area (Å²) in [7, 11) is 1.54. The number of methoxy groups -OCH3 is 1. The molecule has 0 aliphatic carbocycles. The van der Waals surface area contributed by atoms with Crippen molar-refractivity contribution in [3.05, 3.63) is 53.1 Å². The van der Waals surface area contributed by atoms with Crippen molar-refractivity contribution in [2.45, 2.75) is 26.2 Å². The molecule has 1 unspecified atom stereocenters. The molecule has 0 aliphatic rings. The van der Waals surface area contributed by atoms with Gasteiger partial charge in [-0.15, -0.1) is 0 Å². The van der Waals surface area contributed by atoms with Gasteiger partial charge < -0.3 is 14.8 Å². The number of halogens is 1. The topological polar surface area (TPSA) is 47.6 Å². The lowest BCUT2D eigenvalue weighted by molar-refractivity contribution is -0.118. The number of nitrogens with one attached hydrogen (secondary N) is 1. The van der Waals surface area contributed by atoms with E-state index < -0.39 is 0 Å². The van der Waals surface area contributed by atoms with Gasteiger partial charge in [0.05, 0.1) is 12.8 Å². The van der Waals surface area contributed by atoms with Gasteiger partial charge in [0.25, 0.3) is 5.91 Å². The van der Waals surface area contributed by atoms with Crippen LogP contribution in [0.25, 0.3) is 0 Å². The third kappa shape index (κ3) is 4.90. The highest BCUT2D eigenvalue weighted by Crippen LogP contribution is 2.27. The van der Waals surface area contributed by atoms with Crippen LogP contribution in [-0.4, -0.2) is 19.6 Å². The van der Waals surface area contributed by atoms with Gasteiger partial charge in [0, 0.05) is 5.02 Å². The molecule has 5 heteroatoms. The van der Waals surface area contributed by atoms with E-state index in [0.717, 1.165) is 6.42 Å². The highest BCUT2D eigenvalue weighted by molar-refractivity contribution is 6.31. The quantitative estimate of drug-likeness (QED) is 0.776. The monoisotopic (exact) mass is 347 g/mol. The average molecular weight is 348 g/mol. The van der Waals surface area contributed by atoms with Crippen LogP contribution in [0, 0.1) is 0 Å². The van der Waals surface area contributed by atoms with Gasteiger partial charge in [-0.05, 0) is 48.2 Å². The molecule has 0 aromatic heterocycles. The van der Waals surface area contributed by atoms with Crippen molar-refractivity contribution in [2.75, 3.05) is 19.0 Å². The number of amides is 1. The first kappa shape index (κ1) is 18.1. The van der Waals surface area contributed by atoms with Crippen molar-refractivity contribution < 1.29 is 14.3 Å². The molecular weight excluding hydrogens is 326 g/mol. The molecule has 2 aromatic carbocycles. The minimum atomic E-state index is -0.276. The molecule has 2 aromatic rings. The number of rotatable bonds is 7. The van der Waals surface area contributed by atoms with E-state index in [-0.39, 0.29) is 12.5 Å². The summed E-state index contributed by atoms with van der Waals surface area (Å²) >= 11 is 5.94. The van der Waals surface area contributed by atoms with Gasteiger partial charge in [-0.3, -0.25) is 4.79 Å². The molecule has 0 bridgehead atoms. The second-order valence-electron chi connectivity index (χ2n) is 5.56. The second-order valence-corrected chi connectivity index (χ2v) is 6.00. The van der Waals surface area contributed by atoms with Crippen LogP contribution < -0.4 is 14.8 Å². The highest BCUT2D eigenvalue weighted by atomic mass is 35.5. The zero-order valence-corrected chi connectivity index (χ0v) is 14.9. The molecule has 0 fully saturated rings. The van der Waals surface area contributed by atoms with Crippen LogP contribution in [0.15, 0.2) is 42.5 Å². The number of ether oxygens (including phenoxy) is 2. The first-order valence-corrected chi connectivity index (χ1v) is 8.27. The van der Waals surface area contributed by atoms with Gasteiger partial charge in [0.15, 0.2) is 6.61 Å². The van der Waals surface area contributed by atoms with Crippen molar-refractivity contribution in [2.24, 2.45) is 0 Å². The normalized spacial score (nSPS) is 11.7. The second kappa shape index (κ2) is 8.60. The van der Waals surface area contributed by atoms with Gasteiger partial charge in [0.1, 0.15) is 11.5 Å². The Morgan fingerprint density at radius 2 is 1.92 bits per heavy atom. The summed E-state index contributed by atoms with van der Waals surface area (Å²) in [5.74, 6) is 1.44. The Hall–Kier alpha value is -2.20. The maximum absolute atomic E-state index is 12.1. The van der Waals surface area contributed by atoms with E-state index in [1.54, 1.807) is 18.2 Å². The van der Waals surface area contributed by atoms with E-state index in [1.807, 2.05) is 24.3 Å². The third-order valence-corrected chi connectivity index (χ3v) is 4.10. The summed E-state index contributed by atoms with van der Waals surface area (Å²) in [5, 5.41) is 3.26. The van der Waals surface area contributed by atoms with Crippen molar-refractivity contribution in [1.29, 1.82) is 0 Å². The SMILES string of the molecule is CCC(C)c1ccc(OCC(=O)Nc2cc(Cl)ccc2OC)cc1. The van der Waals surface area contributed by atoms with Crippen molar-refractivity contribution in [1.82, 2.24) is 0 Å². The minimum absolute atomic E-state index is 0.0850. The molecule has 0 saturated heterocycles. The van der Waals surface area contributed by atoms with Gasteiger partial charge in [-0.2, -0.15) is 0 Å². The molecule has 1 atom stereocenters. The third-order valence-electron chi connectivity index (χ3n) is 3.87. The van der Waals surface area contributed by atoms with Crippen LogP contribution in [0.2, 0.25) is 5.02 Å². The summed E-state index contributed by atoms with van der Waals surface area (Å²) in [6.45, 7) is 4.25. The lowest BCUT2D eigenvalue weighted by atomic mass is 9.99. The molecule has 4 nitrogen and oxygen atoms in total. The van der Waals surface area contributed by atoms with Crippen LogP contribution in [0.5, 0.6) is 11.5 Å². The number of benzene rings is 2.